The molecule has 5 N–H and O–H groups in total. The number of carbonyl (C=O) groups is 1. The Labute approximate surface area is 316 Å². The van der Waals surface area contributed by atoms with E-state index in [1.807, 2.05) is 6.08 Å². The van der Waals surface area contributed by atoms with Crippen LogP contribution in [-0.2, 0) is 4.79 Å². The molecule has 6 heteroatoms. The maximum absolute atomic E-state index is 12.4. The number of hydrogen-bond acceptors (Lipinski definition) is 5. The molecule has 0 saturated heterocycles. The van der Waals surface area contributed by atoms with Crippen molar-refractivity contribution in [1.82, 2.24) is 5.32 Å². The molecule has 0 aliphatic heterocycles. The lowest BCUT2D eigenvalue weighted by Crippen LogP contribution is -2.53. The van der Waals surface area contributed by atoms with Crippen LogP contribution < -0.4 is 5.32 Å². The zero-order valence-corrected chi connectivity index (χ0v) is 33.9. The summed E-state index contributed by atoms with van der Waals surface area (Å²) in [5.74, 6) is -0.650. The van der Waals surface area contributed by atoms with Crippen LogP contribution in [0, 0.1) is 0 Å². The van der Waals surface area contributed by atoms with Crippen molar-refractivity contribution in [2.75, 3.05) is 6.61 Å². The van der Waals surface area contributed by atoms with E-state index in [0.717, 1.165) is 32.1 Å². The van der Waals surface area contributed by atoms with Gasteiger partial charge in [0.05, 0.1) is 18.8 Å². The second-order valence-electron chi connectivity index (χ2n) is 15.4. The van der Waals surface area contributed by atoms with E-state index in [2.05, 4.69) is 31.3 Å². The van der Waals surface area contributed by atoms with Crippen LogP contribution in [0.25, 0.3) is 0 Å². The number of nitrogens with one attached hydrogen (secondary N) is 1. The lowest BCUT2D eigenvalue weighted by atomic mass is 9.99. The number of rotatable bonds is 40. The summed E-state index contributed by atoms with van der Waals surface area (Å²) in [6.45, 7) is 4.01. The normalized spacial score (nSPS) is 14.4. The van der Waals surface area contributed by atoms with Gasteiger partial charge in [-0.15, -0.1) is 0 Å². The van der Waals surface area contributed by atoms with E-state index in [1.165, 1.54) is 167 Å². The molecule has 4 unspecified atom stereocenters. The zero-order valence-electron chi connectivity index (χ0n) is 33.9. The van der Waals surface area contributed by atoms with Gasteiger partial charge in [-0.3, -0.25) is 4.79 Å². The molecule has 0 aliphatic carbocycles. The summed E-state index contributed by atoms with van der Waals surface area (Å²) in [7, 11) is 0. The summed E-state index contributed by atoms with van der Waals surface area (Å²) < 4.78 is 0. The summed E-state index contributed by atoms with van der Waals surface area (Å²) in [6.07, 6.45) is 45.2. The molecule has 0 aromatic rings. The minimum Gasteiger partial charge on any atom is -0.394 e. The van der Waals surface area contributed by atoms with Crippen molar-refractivity contribution in [3.63, 3.8) is 0 Å². The molecule has 4 atom stereocenters. The summed E-state index contributed by atoms with van der Waals surface area (Å²) >= 11 is 0. The molecule has 0 aromatic carbocycles. The van der Waals surface area contributed by atoms with Crippen molar-refractivity contribution in [3.05, 3.63) is 24.3 Å². The monoisotopic (exact) mass is 722 g/mol. The van der Waals surface area contributed by atoms with Gasteiger partial charge in [0.15, 0.2) is 0 Å². The van der Waals surface area contributed by atoms with Crippen LogP contribution in [0.4, 0.5) is 0 Å². The fraction of sp³-hybridized carbons (Fsp3) is 0.889. The number of allylic oxidation sites excluding steroid dienone is 3. The lowest BCUT2D eigenvalue weighted by Gasteiger charge is -2.27. The van der Waals surface area contributed by atoms with E-state index in [9.17, 15) is 25.2 Å². The van der Waals surface area contributed by atoms with Gasteiger partial charge in [-0.25, -0.2) is 0 Å². The van der Waals surface area contributed by atoms with Gasteiger partial charge in [0.2, 0.25) is 5.91 Å². The van der Waals surface area contributed by atoms with E-state index in [0.29, 0.717) is 6.42 Å². The molecule has 302 valence electrons. The highest BCUT2D eigenvalue weighted by Gasteiger charge is 2.28. The van der Waals surface area contributed by atoms with Gasteiger partial charge >= 0.3 is 0 Å². The molecule has 0 aliphatic rings. The molecule has 0 aromatic heterocycles. The molecule has 0 radical (unpaired) electrons. The summed E-state index contributed by atoms with van der Waals surface area (Å²) in [6, 6.07) is -1.01. The van der Waals surface area contributed by atoms with Gasteiger partial charge in [0.1, 0.15) is 12.2 Å². The van der Waals surface area contributed by atoms with Crippen LogP contribution >= 0.6 is 0 Å². The van der Waals surface area contributed by atoms with Gasteiger partial charge in [-0.2, -0.15) is 0 Å². The smallest absolute Gasteiger partial charge is 0.249 e. The number of amides is 1. The average Bonchev–Trinajstić information content (AvgIpc) is 3.13. The third-order valence-electron chi connectivity index (χ3n) is 10.4. The fourth-order valence-electron chi connectivity index (χ4n) is 6.86. The van der Waals surface area contributed by atoms with Crippen LogP contribution in [-0.4, -0.2) is 57.3 Å². The van der Waals surface area contributed by atoms with E-state index in [1.54, 1.807) is 6.08 Å². The molecule has 0 saturated carbocycles. The van der Waals surface area contributed by atoms with Crippen molar-refractivity contribution in [3.8, 4) is 0 Å². The molecule has 0 heterocycles. The maximum atomic E-state index is 12.4. The average molecular weight is 722 g/mol. The van der Waals surface area contributed by atoms with Crippen LogP contribution in [0.2, 0.25) is 0 Å². The first-order chi connectivity index (χ1) is 25.0. The Hall–Kier alpha value is -1.21. The van der Waals surface area contributed by atoms with Crippen LogP contribution in [0.1, 0.15) is 226 Å². The fourth-order valence-corrected chi connectivity index (χ4v) is 6.86. The van der Waals surface area contributed by atoms with Crippen LogP contribution in [0.15, 0.2) is 24.3 Å². The standard InChI is InChI=1S/C45H87NO5/c1-3-5-7-9-11-13-15-17-18-19-20-21-22-23-24-25-26-27-29-30-32-34-36-38-42(48)44(50)41(40-47)46-45(51)43(49)39-37-35-33-31-28-16-14-12-10-8-6-4-2/h28,31,35,37,41-44,47-50H,3-27,29-30,32-34,36,38-40H2,1-2H3,(H,46,51)/b31-28-,37-35-. The first-order valence-electron chi connectivity index (χ1n) is 22.2. The first-order valence-corrected chi connectivity index (χ1v) is 22.2. The van der Waals surface area contributed by atoms with E-state index in [-0.39, 0.29) is 6.42 Å². The Bertz CT molecular complexity index is 772. The van der Waals surface area contributed by atoms with Gasteiger partial charge in [-0.05, 0) is 25.7 Å². The van der Waals surface area contributed by atoms with Gasteiger partial charge < -0.3 is 25.7 Å². The van der Waals surface area contributed by atoms with Crippen LogP contribution in [0.3, 0.4) is 0 Å². The van der Waals surface area contributed by atoms with Crippen molar-refractivity contribution in [2.24, 2.45) is 0 Å². The number of unbranched alkanes of at least 4 members (excludes halogenated alkanes) is 28. The Morgan fingerprint density at radius 1 is 0.510 bits per heavy atom. The number of aliphatic hydroxyl groups excluding tert-OH is 4. The highest BCUT2D eigenvalue weighted by Crippen LogP contribution is 2.17. The maximum Gasteiger partial charge on any atom is 0.249 e. The molecular formula is C45H87NO5. The minimum atomic E-state index is -1.28. The van der Waals surface area contributed by atoms with E-state index < -0.39 is 36.9 Å². The predicted octanol–water partition coefficient (Wildman–Crippen LogP) is 11.6. The molecule has 0 spiro atoms. The Morgan fingerprint density at radius 2 is 0.882 bits per heavy atom. The number of carbonyl (C=O) groups excluding carboxylic acids is 1. The molecule has 6 nitrogen and oxygen atoms in total. The van der Waals surface area contributed by atoms with Gasteiger partial charge in [-0.1, -0.05) is 218 Å². The highest BCUT2D eigenvalue weighted by atomic mass is 16.3. The summed E-state index contributed by atoms with van der Waals surface area (Å²) in [5.41, 5.74) is 0. The lowest BCUT2D eigenvalue weighted by molar-refractivity contribution is -0.132. The molecule has 0 fully saturated rings. The van der Waals surface area contributed by atoms with Gasteiger partial charge in [0, 0.05) is 6.42 Å². The molecule has 0 bridgehead atoms. The van der Waals surface area contributed by atoms with E-state index >= 15 is 0 Å². The van der Waals surface area contributed by atoms with Crippen molar-refractivity contribution in [2.45, 2.75) is 250 Å². The third kappa shape index (κ3) is 34.3. The molecule has 0 rings (SSSR count). The first kappa shape index (κ1) is 49.8. The largest absolute Gasteiger partial charge is 0.394 e. The van der Waals surface area contributed by atoms with Crippen LogP contribution in [0.5, 0.6) is 0 Å². The second kappa shape index (κ2) is 40.0. The summed E-state index contributed by atoms with van der Waals surface area (Å²) in [5, 5.41) is 43.5. The van der Waals surface area contributed by atoms with Crippen molar-refractivity contribution in [1.29, 1.82) is 0 Å². The SMILES string of the molecule is CCCCCCCC/C=C\C/C=C\CC(O)C(=O)NC(CO)C(O)C(O)CCCCCCCCCCCCCCCCCCCCCCCCC. The molecule has 1 amide bonds. The third-order valence-corrected chi connectivity index (χ3v) is 10.4. The highest BCUT2D eigenvalue weighted by molar-refractivity contribution is 5.81. The number of hydrogen-bond donors (Lipinski definition) is 5. The molecule has 51 heavy (non-hydrogen) atoms. The Balaban J connectivity index is 3.71. The second-order valence-corrected chi connectivity index (χ2v) is 15.4. The predicted molar refractivity (Wildman–Crippen MR) is 219 cm³/mol. The molecular weight excluding hydrogens is 634 g/mol. The van der Waals surface area contributed by atoms with Crippen molar-refractivity contribution < 1.29 is 25.2 Å². The summed E-state index contributed by atoms with van der Waals surface area (Å²) in [4.78, 5) is 12.4. The van der Waals surface area contributed by atoms with Crippen molar-refractivity contribution >= 4 is 5.91 Å². The number of aliphatic hydroxyl groups is 4. The minimum absolute atomic E-state index is 0.160. The zero-order chi connectivity index (χ0) is 37.5. The topological polar surface area (TPSA) is 110 Å². The Morgan fingerprint density at radius 3 is 1.29 bits per heavy atom. The Kier molecular flexibility index (Phi) is 39.0. The van der Waals surface area contributed by atoms with E-state index in [4.69, 9.17) is 0 Å². The quantitative estimate of drug-likeness (QED) is 0.0320. The van der Waals surface area contributed by atoms with Gasteiger partial charge in [0.25, 0.3) is 0 Å².